The van der Waals surface area contributed by atoms with Crippen molar-refractivity contribution in [2.45, 2.75) is 11.1 Å². The number of nitrogens with two attached hydrogens (primary N) is 1. The Morgan fingerprint density at radius 1 is 1.17 bits per heavy atom. The Bertz CT molecular complexity index is 1140. The van der Waals surface area contributed by atoms with Crippen molar-refractivity contribution < 1.29 is 23.1 Å². The van der Waals surface area contributed by atoms with Gasteiger partial charge in [-0.3, -0.25) is 4.98 Å². The summed E-state index contributed by atoms with van der Waals surface area (Å²) < 4.78 is 32.4. The fourth-order valence-electron chi connectivity index (χ4n) is 2.66. The summed E-state index contributed by atoms with van der Waals surface area (Å²) in [7, 11) is -2.80. The molecule has 0 spiro atoms. The first kappa shape index (κ1) is 21.5. The van der Waals surface area contributed by atoms with E-state index < -0.39 is 22.2 Å². The average molecular weight is 446 g/mol. The number of anilines is 1. The molecule has 1 unspecified atom stereocenters. The number of thiophene rings is 1. The van der Waals surface area contributed by atoms with Gasteiger partial charge in [-0.2, -0.15) is 0 Å². The lowest BCUT2D eigenvalue weighted by Gasteiger charge is -2.27. The summed E-state index contributed by atoms with van der Waals surface area (Å²) in [6.07, 6.45) is 4.95. The number of methoxy groups -OCH3 is 1. The zero-order chi connectivity index (χ0) is 21.7. The second-order valence-electron chi connectivity index (χ2n) is 6.04. The molecule has 0 aliphatic heterocycles. The predicted molar refractivity (Wildman–Crippen MR) is 116 cm³/mol. The molecule has 0 amide bonds. The zero-order valence-corrected chi connectivity index (χ0v) is 17.5. The van der Waals surface area contributed by atoms with E-state index in [9.17, 15) is 18.3 Å². The first-order valence-corrected chi connectivity index (χ1v) is 11.0. The maximum atomic E-state index is 13.3. The molecule has 0 bridgehead atoms. The largest absolute Gasteiger partial charge is 0.497 e. The summed E-state index contributed by atoms with van der Waals surface area (Å²) in [6, 6.07) is 10.8. The molecule has 1 aromatic carbocycles. The molecular weight excluding hydrogens is 426 g/mol. The van der Waals surface area contributed by atoms with E-state index in [1.165, 1.54) is 48.8 Å². The minimum atomic E-state index is -4.26. The van der Waals surface area contributed by atoms with Crippen LogP contribution in [0.3, 0.4) is 0 Å². The Morgan fingerprint density at radius 2 is 1.83 bits per heavy atom. The van der Waals surface area contributed by atoms with Crippen molar-refractivity contribution in [2.75, 3.05) is 11.4 Å². The number of carboxylic acid groups (broad SMARTS) is 1. The number of carbonyl (C=O) groups is 1. The summed E-state index contributed by atoms with van der Waals surface area (Å²) in [5.41, 5.74) is 6.84. The van der Waals surface area contributed by atoms with E-state index in [1.807, 2.05) is 0 Å². The van der Waals surface area contributed by atoms with Gasteiger partial charge < -0.3 is 15.6 Å². The van der Waals surface area contributed by atoms with Gasteiger partial charge in [-0.05, 0) is 59.5 Å². The third-order valence-electron chi connectivity index (χ3n) is 4.17. The molecule has 8 nitrogen and oxygen atoms in total. The summed E-state index contributed by atoms with van der Waals surface area (Å²) in [4.78, 5) is 16.0. The van der Waals surface area contributed by atoms with Crippen LogP contribution >= 0.6 is 11.3 Å². The number of nitrogens with zero attached hydrogens (tertiary/aromatic N) is 2. The van der Waals surface area contributed by atoms with Crippen LogP contribution in [0.4, 0.5) is 5.69 Å². The number of sulfonamides is 1. The van der Waals surface area contributed by atoms with E-state index in [0.29, 0.717) is 10.6 Å². The normalized spacial score (nSPS) is 12.6. The molecule has 0 saturated carbocycles. The second-order valence-corrected chi connectivity index (χ2v) is 8.81. The maximum absolute atomic E-state index is 13.3. The Kier molecular flexibility index (Phi) is 6.50. The van der Waals surface area contributed by atoms with E-state index in [0.717, 1.165) is 9.87 Å². The molecule has 2 aromatic heterocycles. The van der Waals surface area contributed by atoms with Crippen molar-refractivity contribution in [1.82, 2.24) is 4.98 Å². The van der Waals surface area contributed by atoms with Crippen LogP contribution in [-0.4, -0.2) is 37.8 Å². The number of benzene rings is 1. The lowest BCUT2D eigenvalue weighted by Crippen LogP contribution is -2.51. The van der Waals surface area contributed by atoms with Gasteiger partial charge in [0.25, 0.3) is 10.0 Å². The standard InChI is InChI=1S/C20H19N3O5S2/c1-28-15-3-5-16(6-4-15)30(26,27)23(19(21)20(24)25)17-10-13-29-18(17)7-2-14-8-11-22-12-9-14/h2-13,19H,21H2,1H3,(H,24,25)/b7-2+. The van der Waals surface area contributed by atoms with Gasteiger partial charge >= 0.3 is 5.97 Å². The molecule has 0 aliphatic carbocycles. The monoisotopic (exact) mass is 445 g/mol. The highest BCUT2D eigenvalue weighted by Crippen LogP contribution is 2.34. The van der Waals surface area contributed by atoms with E-state index in [-0.39, 0.29) is 10.6 Å². The summed E-state index contributed by atoms with van der Waals surface area (Å²) in [5, 5.41) is 11.1. The van der Waals surface area contributed by atoms with E-state index in [1.54, 1.807) is 42.1 Å². The first-order chi connectivity index (χ1) is 14.3. The van der Waals surface area contributed by atoms with Crippen LogP contribution in [0, 0.1) is 0 Å². The molecule has 0 fully saturated rings. The SMILES string of the molecule is COc1ccc(S(=O)(=O)N(c2ccsc2/C=C/c2ccncc2)C(N)C(=O)O)cc1. The van der Waals surface area contributed by atoms with Crippen LogP contribution < -0.4 is 14.8 Å². The number of rotatable bonds is 8. The fourth-order valence-corrected chi connectivity index (χ4v) is 5.01. The third-order valence-corrected chi connectivity index (χ3v) is 6.85. The Morgan fingerprint density at radius 3 is 2.43 bits per heavy atom. The number of carboxylic acids is 1. The summed E-state index contributed by atoms with van der Waals surface area (Å²) >= 11 is 1.27. The molecule has 10 heteroatoms. The van der Waals surface area contributed by atoms with Gasteiger partial charge in [0.1, 0.15) is 5.75 Å². The highest BCUT2D eigenvalue weighted by Gasteiger charge is 2.35. The third kappa shape index (κ3) is 4.51. The Hall–Kier alpha value is -3.21. The molecule has 0 radical (unpaired) electrons. The second kappa shape index (κ2) is 9.08. The molecule has 0 aliphatic rings. The maximum Gasteiger partial charge on any atom is 0.342 e. The van der Waals surface area contributed by atoms with Crippen molar-refractivity contribution in [3.63, 3.8) is 0 Å². The zero-order valence-electron chi connectivity index (χ0n) is 15.9. The van der Waals surface area contributed by atoms with Gasteiger partial charge in [0, 0.05) is 12.4 Å². The lowest BCUT2D eigenvalue weighted by atomic mass is 10.2. The van der Waals surface area contributed by atoms with Gasteiger partial charge in [-0.1, -0.05) is 6.08 Å². The lowest BCUT2D eigenvalue weighted by molar-refractivity contribution is -0.138. The van der Waals surface area contributed by atoms with E-state index in [4.69, 9.17) is 10.5 Å². The highest BCUT2D eigenvalue weighted by atomic mass is 32.2. The molecule has 30 heavy (non-hydrogen) atoms. The van der Waals surface area contributed by atoms with Crippen molar-refractivity contribution in [2.24, 2.45) is 5.73 Å². The summed E-state index contributed by atoms with van der Waals surface area (Å²) in [6.45, 7) is 0. The van der Waals surface area contributed by atoms with Crippen molar-refractivity contribution in [3.05, 3.63) is 70.7 Å². The Balaban J connectivity index is 2.06. The van der Waals surface area contributed by atoms with Crippen molar-refractivity contribution in [1.29, 1.82) is 0 Å². The van der Waals surface area contributed by atoms with Gasteiger partial charge in [-0.15, -0.1) is 11.3 Å². The topological polar surface area (TPSA) is 123 Å². The Labute approximate surface area is 177 Å². The predicted octanol–water partition coefficient (Wildman–Crippen LogP) is 2.89. The molecule has 3 rings (SSSR count). The molecule has 156 valence electrons. The minimum absolute atomic E-state index is 0.102. The van der Waals surface area contributed by atoms with Crippen LogP contribution in [0.25, 0.3) is 12.2 Å². The van der Waals surface area contributed by atoms with Crippen molar-refractivity contribution in [3.8, 4) is 5.75 Å². The van der Waals surface area contributed by atoms with Gasteiger partial charge in [0.05, 0.1) is 22.6 Å². The van der Waals surface area contributed by atoms with Crippen LogP contribution in [0.1, 0.15) is 10.4 Å². The van der Waals surface area contributed by atoms with Gasteiger partial charge in [0.2, 0.25) is 0 Å². The quantitative estimate of drug-likeness (QED) is 0.511. The van der Waals surface area contributed by atoms with Crippen LogP contribution in [0.2, 0.25) is 0 Å². The number of pyridine rings is 1. The van der Waals surface area contributed by atoms with Crippen molar-refractivity contribution >= 4 is 45.2 Å². The van der Waals surface area contributed by atoms with Crippen LogP contribution in [0.5, 0.6) is 5.75 Å². The number of hydrogen-bond acceptors (Lipinski definition) is 7. The average Bonchev–Trinajstić information content (AvgIpc) is 3.20. The van der Waals surface area contributed by atoms with E-state index >= 15 is 0 Å². The van der Waals surface area contributed by atoms with Crippen LogP contribution in [0.15, 0.2) is 65.1 Å². The highest BCUT2D eigenvalue weighted by molar-refractivity contribution is 7.93. The number of ether oxygens (including phenoxy) is 1. The first-order valence-electron chi connectivity index (χ1n) is 8.67. The van der Waals surface area contributed by atoms with E-state index in [2.05, 4.69) is 4.98 Å². The molecule has 1 atom stereocenters. The molecule has 3 aromatic rings. The smallest absolute Gasteiger partial charge is 0.342 e. The van der Waals surface area contributed by atoms with Crippen LogP contribution in [-0.2, 0) is 14.8 Å². The number of aliphatic carboxylic acids is 1. The molecule has 0 saturated heterocycles. The molecule has 2 heterocycles. The molecule has 3 N–H and O–H groups in total. The van der Waals surface area contributed by atoms with Gasteiger partial charge in [-0.25, -0.2) is 17.5 Å². The minimum Gasteiger partial charge on any atom is -0.497 e. The fraction of sp³-hybridized carbons (Fsp3) is 0.100. The van der Waals surface area contributed by atoms with Gasteiger partial charge in [0.15, 0.2) is 6.17 Å². The summed E-state index contributed by atoms with van der Waals surface area (Å²) in [5.74, 6) is -0.998. The molecular formula is C20H19N3O5S2. The number of aromatic nitrogens is 1. The number of hydrogen-bond donors (Lipinski definition) is 2.